The van der Waals surface area contributed by atoms with E-state index in [1.807, 2.05) is 0 Å². The molecule has 0 unspecified atom stereocenters. The first-order valence-electron chi connectivity index (χ1n) is 3.71. The third-order valence-corrected chi connectivity index (χ3v) is 1.65. The van der Waals surface area contributed by atoms with E-state index in [0.29, 0.717) is 5.04 Å². The molecule has 0 spiro atoms. The summed E-state index contributed by atoms with van der Waals surface area (Å²) in [4.78, 5) is 0. The van der Waals surface area contributed by atoms with Gasteiger partial charge in [-0.25, -0.2) is 0 Å². The Morgan fingerprint density at radius 2 is 2.42 bits per heavy atom. The molecule has 0 saturated carbocycles. The van der Waals surface area contributed by atoms with Gasteiger partial charge in [-0.05, 0) is 6.42 Å². The summed E-state index contributed by atoms with van der Waals surface area (Å²) in [5, 5.41) is 6.89. The van der Waals surface area contributed by atoms with Crippen molar-refractivity contribution in [3.63, 3.8) is 0 Å². The molecule has 0 aliphatic carbocycles. The molecule has 0 aromatic carbocycles. The van der Waals surface area contributed by atoms with Crippen LogP contribution in [0.5, 0.6) is 0 Å². The van der Waals surface area contributed by atoms with Crippen LogP contribution in [0.3, 0.4) is 0 Å². The Morgan fingerprint density at radius 3 is 3.00 bits per heavy atom. The van der Waals surface area contributed by atoms with Crippen LogP contribution in [0.25, 0.3) is 0 Å². The molecule has 68 valence electrons. The molecular formula is C6H12N4S2. The summed E-state index contributed by atoms with van der Waals surface area (Å²) >= 11 is 8.25. The third kappa shape index (κ3) is 2.96. The highest BCUT2D eigenvalue weighted by molar-refractivity contribution is 7.97. The second-order valence-electron chi connectivity index (χ2n) is 2.32. The van der Waals surface area contributed by atoms with Crippen LogP contribution in [0.15, 0.2) is 16.2 Å². The standard InChI is InChI=1S/C6H12N4S2/c1-2-3-7-10-8-5(11)4-6(12)9-10/h4,7-8,11H,2-3H2,1H3,(H,9,12). The van der Waals surface area contributed by atoms with Crippen LogP contribution in [-0.4, -0.2) is 16.8 Å². The van der Waals surface area contributed by atoms with Crippen LogP contribution in [-0.2, 0) is 0 Å². The molecule has 1 aliphatic heterocycles. The van der Waals surface area contributed by atoms with E-state index in [-0.39, 0.29) is 0 Å². The highest BCUT2D eigenvalue weighted by Crippen LogP contribution is 2.05. The molecule has 1 rings (SSSR count). The number of hydrogen-bond donors (Lipinski definition) is 4. The van der Waals surface area contributed by atoms with Crippen molar-refractivity contribution in [1.29, 1.82) is 0 Å². The lowest BCUT2D eigenvalue weighted by Gasteiger charge is -2.24. The van der Waals surface area contributed by atoms with Gasteiger partial charge >= 0.3 is 0 Å². The van der Waals surface area contributed by atoms with Crippen molar-refractivity contribution in [2.45, 2.75) is 13.3 Å². The molecular weight excluding hydrogens is 192 g/mol. The Hall–Kier alpha value is -0.330. The Morgan fingerprint density at radius 1 is 1.67 bits per heavy atom. The number of hydrogen-bond acceptors (Lipinski definition) is 5. The van der Waals surface area contributed by atoms with Crippen LogP contribution in [0.4, 0.5) is 0 Å². The van der Waals surface area contributed by atoms with E-state index in [1.54, 1.807) is 6.08 Å². The van der Waals surface area contributed by atoms with Crippen molar-refractivity contribution in [2.24, 2.45) is 5.10 Å². The van der Waals surface area contributed by atoms with Crippen molar-refractivity contribution >= 4 is 30.3 Å². The first-order valence-corrected chi connectivity index (χ1v) is 4.60. The second kappa shape index (κ2) is 4.64. The Balaban J connectivity index is 2.44. The smallest absolute Gasteiger partial charge is 0.119 e. The molecule has 2 N–H and O–H groups in total. The van der Waals surface area contributed by atoms with Gasteiger partial charge in [0.05, 0.1) is 5.03 Å². The highest BCUT2D eigenvalue weighted by atomic mass is 32.1. The molecule has 0 amide bonds. The molecule has 0 saturated heterocycles. The number of thiol groups is 2. The van der Waals surface area contributed by atoms with Crippen LogP contribution in [0.2, 0.25) is 0 Å². The minimum atomic E-state index is 0.627. The van der Waals surface area contributed by atoms with Crippen molar-refractivity contribution in [3.05, 3.63) is 11.1 Å². The fourth-order valence-electron chi connectivity index (χ4n) is 0.712. The summed E-state index contributed by atoms with van der Waals surface area (Å²) in [6, 6.07) is 0. The average molecular weight is 204 g/mol. The van der Waals surface area contributed by atoms with Crippen LogP contribution in [0, 0.1) is 0 Å². The zero-order valence-electron chi connectivity index (χ0n) is 6.78. The number of nitrogens with zero attached hydrogens (tertiary/aromatic N) is 2. The lowest BCUT2D eigenvalue weighted by atomic mass is 10.5. The van der Waals surface area contributed by atoms with E-state index in [0.717, 1.165) is 18.0 Å². The molecule has 0 aromatic heterocycles. The molecule has 1 heterocycles. The molecule has 1 aliphatic rings. The van der Waals surface area contributed by atoms with Crippen molar-refractivity contribution in [3.8, 4) is 0 Å². The fourth-order valence-corrected chi connectivity index (χ4v) is 1.25. The number of hydrazine groups is 2. The molecule has 4 nitrogen and oxygen atoms in total. The topological polar surface area (TPSA) is 39.7 Å². The monoisotopic (exact) mass is 204 g/mol. The van der Waals surface area contributed by atoms with Gasteiger partial charge in [0.1, 0.15) is 5.04 Å². The number of nitrogens with one attached hydrogen (secondary N) is 2. The van der Waals surface area contributed by atoms with Crippen molar-refractivity contribution in [1.82, 2.24) is 16.1 Å². The quantitative estimate of drug-likeness (QED) is 0.512. The third-order valence-electron chi connectivity index (χ3n) is 1.20. The second-order valence-corrected chi connectivity index (χ2v) is 3.26. The van der Waals surface area contributed by atoms with E-state index in [1.165, 1.54) is 5.23 Å². The predicted molar refractivity (Wildman–Crippen MR) is 56.8 cm³/mol. The first-order chi connectivity index (χ1) is 5.72. The Labute approximate surface area is 82.8 Å². The molecule has 0 radical (unpaired) electrons. The van der Waals surface area contributed by atoms with Gasteiger partial charge in [-0.1, -0.05) is 6.92 Å². The van der Waals surface area contributed by atoms with Gasteiger partial charge in [-0.3, -0.25) is 5.43 Å². The Kier molecular flexibility index (Phi) is 3.77. The minimum Gasteiger partial charge on any atom is -0.261 e. The number of hydrazone groups is 1. The number of rotatable bonds is 3. The average Bonchev–Trinajstić information content (AvgIpc) is 1.99. The molecule has 12 heavy (non-hydrogen) atoms. The maximum atomic E-state index is 4.14. The van der Waals surface area contributed by atoms with E-state index in [4.69, 9.17) is 0 Å². The van der Waals surface area contributed by atoms with E-state index in [2.05, 4.69) is 48.1 Å². The van der Waals surface area contributed by atoms with Gasteiger partial charge in [0.25, 0.3) is 0 Å². The van der Waals surface area contributed by atoms with E-state index >= 15 is 0 Å². The van der Waals surface area contributed by atoms with Gasteiger partial charge < -0.3 is 0 Å². The summed E-state index contributed by atoms with van der Waals surface area (Å²) in [5.74, 6) is 0. The van der Waals surface area contributed by atoms with E-state index < -0.39 is 0 Å². The lowest BCUT2D eigenvalue weighted by molar-refractivity contribution is 0.144. The lowest BCUT2D eigenvalue weighted by Crippen LogP contribution is -2.45. The minimum absolute atomic E-state index is 0.627. The van der Waals surface area contributed by atoms with Gasteiger partial charge in [0.15, 0.2) is 0 Å². The molecule has 0 bridgehead atoms. The van der Waals surface area contributed by atoms with Gasteiger partial charge in [0, 0.05) is 12.6 Å². The molecule has 6 heteroatoms. The van der Waals surface area contributed by atoms with Gasteiger partial charge in [-0.2, -0.15) is 5.43 Å². The SMILES string of the molecule is CCCNN1N=C(S)C=C(S)N1. The van der Waals surface area contributed by atoms with Crippen molar-refractivity contribution < 1.29 is 0 Å². The summed E-state index contributed by atoms with van der Waals surface area (Å²) in [6.45, 7) is 2.94. The van der Waals surface area contributed by atoms with Crippen LogP contribution >= 0.6 is 25.3 Å². The van der Waals surface area contributed by atoms with Crippen LogP contribution in [0.1, 0.15) is 13.3 Å². The fraction of sp³-hybridized carbons (Fsp3) is 0.500. The van der Waals surface area contributed by atoms with Crippen LogP contribution < -0.4 is 10.9 Å². The summed E-state index contributed by atoms with van der Waals surface area (Å²) in [7, 11) is 0. The first kappa shape index (κ1) is 9.76. The summed E-state index contributed by atoms with van der Waals surface area (Å²) in [6.07, 6.45) is 2.78. The summed E-state index contributed by atoms with van der Waals surface area (Å²) < 4.78 is 0. The van der Waals surface area contributed by atoms with Gasteiger partial charge in [0.2, 0.25) is 0 Å². The molecule has 0 atom stereocenters. The zero-order chi connectivity index (χ0) is 8.97. The van der Waals surface area contributed by atoms with Crippen molar-refractivity contribution in [2.75, 3.05) is 6.54 Å². The van der Waals surface area contributed by atoms with Gasteiger partial charge in [-0.15, -0.1) is 35.6 Å². The maximum absolute atomic E-state index is 4.14. The molecule has 0 aromatic rings. The Bertz CT molecular complexity index is 214. The molecule has 0 fully saturated rings. The normalized spacial score (nSPS) is 16.8. The summed E-state index contributed by atoms with van der Waals surface area (Å²) in [5.41, 5.74) is 5.92. The zero-order valence-corrected chi connectivity index (χ0v) is 8.57. The largest absolute Gasteiger partial charge is 0.261 e. The van der Waals surface area contributed by atoms with E-state index in [9.17, 15) is 0 Å². The highest BCUT2D eigenvalue weighted by Gasteiger charge is 2.06. The predicted octanol–water partition coefficient (Wildman–Crippen LogP) is 0.736. The maximum Gasteiger partial charge on any atom is 0.119 e.